The van der Waals surface area contributed by atoms with Gasteiger partial charge in [0.15, 0.2) is 0 Å². The zero-order chi connectivity index (χ0) is 9.94. The first-order valence-corrected chi connectivity index (χ1v) is 3.94. The first-order valence-electron chi connectivity index (χ1n) is 3.94. The Morgan fingerprint density at radius 2 is 1.75 bits per heavy atom. The molecule has 72 valence electrons. The van der Waals surface area contributed by atoms with E-state index in [4.69, 9.17) is 9.84 Å². The molecule has 0 saturated carbocycles. The second-order valence-corrected chi connectivity index (χ2v) is 3.32. The molecule has 0 radical (unpaired) electrons. The van der Waals surface area contributed by atoms with Crippen LogP contribution in [0.4, 0.5) is 0 Å². The number of hydrogen-bond donors (Lipinski definition) is 2. The van der Waals surface area contributed by atoms with Crippen LogP contribution in [0.25, 0.3) is 0 Å². The fraction of sp³-hybridized carbons (Fsp3) is 0.875. The lowest BCUT2D eigenvalue weighted by atomic mass is 10.0. The summed E-state index contributed by atoms with van der Waals surface area (Å²) in [6.45, 7) is 6.54. The third-order valence-electron chi connectivity index (χ3n) is 1.50. The molecule has 4 nitrogen and oxygen atoms in total. The molecule has 0 heterocycles. The molecule has 0 spiro atoms. The molecule has 1 unspecified atom stereocenters. The van der Waals surface area contributed by atoms with Gasteiger partial charge in [0.2, 0.25) is 0 Å². The smallest absolute Gasteiger partial charge is 0.364 e. The lowest BCUT2D eigenvalue weighted by molar-refractivity contribution is -0.252. The van der Waals surface area contributed by atoms with E-state index in [0.717, 1.165) is 0 Å². The van der Waals surface area contributed by atoms with E-state index in [0.29, 0.717) is 0 Å². The summed E-state index contributed by atoms with van der Waals surface area (Å²) in [4.78, 5) is 10.6. The predicted molar refractivity (Wildman–Crippen MR) is 43.6 cm³/mol. The van der Waals surface area contributed by atoms with Gasteiger partial charge in [0, 0.05) is 5.92 Å². The Labute approximate surface area is 72.2 Å². The third-order valence-corrected chi connectivity index (χ3v) is 1.50. The highest BCUT2D eigenvalue weighted by Crippen LogP contribution is 2.20. The first kappa shape index (κ1) is 11.4. The number of rotatable bonds is 4. The van der Waals surface area contributed by atoms with Gasteiger partial charge < -0.3 is 14.9 Å². The largest absolute Gasteiger partial charge is 0.477 e. The molecule has 0 saturated heterocycles. The Balaban J connectivity index is 4.51. The van der Waals surface area contributed by atoms with E-state index < -0.39 is 17.7 Å². The van der Waals surface area contributed by atoms with Crippen LogP contribution in [0.3, 0.4) is 0 Å². The molecule has 0 aliphatic carbocycles. The topological polar surface area (TPSA) is 66.8 Å². The van der Waals surface area contributed by atoms with Crippen molar-refractivity contribution >= 4 is 5.97 Å². The Bertz CT molecular complexity index is 164. The van der Waals surface area contributed by atoms with Crippen molar-refractivity contribution in [2.24, 2.45) is 5.92 Å². The Kier molecular flexibility index (Phi) is 3.67. The van der Waals surface area contributed by atoms with E-state index in [2.05, 4.69) is 0 Å². The summed E-state index contributed by atoms with van der Waals surface area (Å²) in [5.41, 5.74) is 0. The van der Waals surface area contributed by atoms with Gasteiger partial charge in [-0.2, -0.15) is 0 Å². The van der Waals surface area contributed by atoms with Gasteiger partial charge in [0.25, 0.3) is 5.79 Å². The van der Waals surface area contributed by atoms with Crippen molar-refractivity contribution in [3.05, 3.63) is 0 Å². The normalized spacial score (nSPS) is 16.6. The number of carboxylic acid groups (broad SMARTS) is 1. The second-order valence-electron chi connectivity index (χ2n) is 3.32. The van der Waals surface area contributed by atoms with Crippen LogP contribution in [0.2, 0.25) is 0 Å². The van der Waals surface area contributed by atoms with E-state index in [1.807, 2.05) is 0 Å². The summed E-state index contributed by atoms with van der Waals surface area (Å²) in [5, 5.41) is 18.2. The first-order chi connectivity index (χ1) is 5.30. The van der Waals surface area contributed by atoms with Crippen LogP contribution in [0.5, 0.6) is 0 Å². The molecule has 0 aromatic heterocycles. The Morgan fingerprint density at radius 3 is 1.83 bits per heavy atom. The number of hydrogen-bond acceptors (Lipinski definition) is 3. The van der Waals surface area contributed by atoms with Gasteiger partial charge in [0.1, 0.15) is 0 Å². The zero-order valence-electron chi connectivity index (χ0n) is 7.87. The number of carbonyl (C=O) groups is 1. The molecule has 0 amide bonds. The van der Waals surface area contributed by atoms with Crippen LogP contribution in [0, 0.1) is 5.92 Å². The van der Waals surface area contributed by atoms with Crippen molar-refractivity contribution in [3.63, 3.8) is 0 Å². The molecular weight excluding hydrogens is 160 g/mol. The number of aliphatic hydroxyl groups is 1. The summed E-state index contributed by atoms with van der Waals surface area (Å²) in [6.07, 6.45) is -0.312. The summed E-state index contributed by atoms with van der Waals surface area (Å²) < 4.78 is 4.92. The number of carboxylic acids is 1. The molecule has 0 bridgehead atoms. The van der Waals surface area contributed by atoms with Gasteiger partial charge in [-0.05, 0) is 13.8 Å². The quantitative estimate of drug-likeness (QED) is 0.623. The minimum atomic E-state index is -2.06. The molecule has 4 heteroatoms. The number of ether oxygens (including phenoxy) is 1. The van der Waals surface area contributed by atoms with E-state index in [1.54, 1.807) is 27.7 Å². The summed E-state index contributed by atoms with van der Waals surface area (Å²) >= 11 is 0. The second kappa shape index (κ2) is 3.87. The van der Waals surface area contributed by atoms with Crippen LogP contribution < -0.4 is 0 Å². The highest BCUT2D eigenvalue weighted by atomic mass is 16.7. The van der Waals surface area contributed by atoms with Crippen molar-refractivity contribution in [3.8, 4) is 0 Å². The molecule has 12 heavy (non-hydrogen) atoms. The van der Waals surface area contributed by atoms with Crippen LogP contribution in [0.1, 0.15) is 27.7 Å². The van der Waals surface area contributed by atoms with E-state index >= 15 is 0 Å². The molecule has 0 fully saturated rings. The monoisotopic (exact) mass is 176 g/mol. The fourth-order valence-electron chi connectivity index (χ4n) is 0.793. The van der Waals surface area contributed by atoms with Crippen molar-refractivity contribution in [2.45, 2.75) is 39.6 Å². The maximum atomic E-state index is 10.6. The maximum absolute atomic E-state index is 10.6. The van der Waals surface area contributed by atoms with Crippen molar-refractivity contribution in [1.29, 1.82) is 0 Å². The van der Waals surface area contributed by atoms with Gasteiger partial charge in [-0.25, -0.2) is 4.79 Å². The zero-order valence-corrected chi connectivity index (χ0v) is 7.87. The van der Waals surface area contributed by atoms with Gasteiger partial charge in [-0.3, -0.25) is 0 Å². The van der Waals surface area contributed by atoms with Gasteiger partial charge in [-0.1, -0.05) is 13.8 Å². The molecule has 0 aromatic rings. The van der Waals surface area contributed by atoms with Crippen molar-refractivity contribution in [1.82, 2.24) is 0 Å². The maximum Gasteiger partial charge on any atom is 0.364 e. The lowest BCUT2D eigenvalue weighted by Gasteiger charge is -2.29. The highest BCUT2D eigenvalue weighted by Gasteiger charge is 2.41. The van der Waals surface area contributed by atoms with Crippen LogP contribution >= 0.6 is 0 Å². The average Bonchev–Trinajstić information content (AvgIpc) is 1.84. The van der Waals surface area contributed by atoms with Crippen molar-refractivity contribution < 1.29 is 19.7 Å². The molecule has 0 aliphatic rings. The fourth-order valence-corrected chi connectivity index (χ4v) is 0.793. The van der Waals surface area contributed by atoms with E-state index in [9.17, 15) is 9.90 Å². The molecule has 0 aromatic carbocycles. The summed E-state index contributed by atoms with van der Waals surface area (Å²) in [6, 6.07) is 0. The average molecular weight is 176 g/mol. The standard InChI is InChI=1S/C8H16O4/c1-5(2)8(11,7(9)10)12-6(3)4/h5-6,11H,1-4H3,(H,9,10). The van der Waals surface area contributed by atoms with Crippen LogP contribution in [-0.4, -0.2) is 28.1 Å². The van der Waals surface area contributed by atoms with E-state index in [1.165, 1.54) is 0 Å². The van der Waals surface area contributed by atoms with Gasteiger partial charge in [-0.15, -0.1) is 0 Å². The minimum Gasteiger partial charge on any atom is -0.477 e. The Hall–Kier alpha value is -0.610. The van der Waals surface area contributed by atoms with Crippen molar-refractivity contribution in [2.75, 3.05) is 0 Å². The summed E-state index contributed by atoms with van der Waals surface area (Å²) in [5.74, 6) is -3.88. The Morgan fingerprint density at radius 1 is 1.33 bits per heavy atom. The molecule has 0 aliphatic heterocycles. The van der Waals surface area contributed by atoms with Gasteiger partial charge >= 0.3 is 5.97 Å². The molecule has 2 N–H and O–H groups in total. The summed E-state index contributed by atoms with van der Waals surface area (Å²) in [7, 11) is 0. The van der Waals surface area contributed by atoms with Crippen LogP contribution in [-0.2, 0) is 9.53 Å². The van der Waals surface area contributed by atoms with Crippen LogP contribution in [0.15, 0.2) is 0 Å². The molecule has 0 rings (SSSR count). The van der Waals surface area contributed by atoms with E-state index in [-0.39, 0.29) is 6.10 Å². The predicted octanol–water partition coefficient (Wildman–Crippen LogP) is 0.841. The molecular formula is C8H16O4. The SMILES string of the molecule is CC(C)OC(O)(C(=O)O)C(C)C. The third kappa shape index (κ3) is 2.46. The van der Waals surface area contributed by atoms with Gasteiger partial charge in [0.05, 0.1) is 6.10 Å². The highest BCUT2D eigenvalue weighted by molar-refractivity contribution is 5.75. The molecule has 1 atom stereocenters. The number of aliphatic carboxylic acids is 1. The minimum absolute atomic E-state index is 0.312. The lowest BCUT2D eigenvalue weighted by Crippen LogP contribution is -2.47.